The van der Waals surface area contributed by atoms with Crippen LogP contribution in [0.4, 0.5) is 35.4 Å². The first-order valence-corrected chi connectivity index (χ1v) is 10.4. The van der Waals surface area contributed by atoms with Crippen molar-refractivity contribution in [1.82, 2.24) is 10.6 Å². The number of halogens is 3. The number of rotatable bonds is 5. The van der Waals surface area contributed by atoms with Crippen molar-refractivity contribution in [3.63, 3.8) is 0 Å². The summed E-state index contributed by atoms with van der Waals surface area (Å²) in [6.07, 6.45) is 2.00. The van der Waals surface area contributed by atoms with Crippen LogP contribution in [0.25, 0.3) is 0 Å². The standard InChI is InChI=1S/C21H22ClF2N5O3/c1-2-25-20(31)26-12-5-6-18(29-7-3-4-8-29)17(9-12)27-21(32)28-19(30)13-10-15(23)16(24)11-14(13)22/h5-6,9-11H,2-4,7-8H2,1H3,(H2,25,26,31)(H2,27,28,30,32). The molecule has 0 radical (unpaired) electrons. The molecule has 0 aromatic heterocycles. The molecule has 0 bridgehead atoms. The Morgan fingerprint density at radius 3 is 2.38 bits per heavy atom. The molecule has 0 atom stereocenters. The molecule has 0 spiro atoms. The number of imide groups is 1. The third-order valence-corrected chi connectivity index (χ3v) is 5.08. The summed E-state index contributed by atoms with van der Waals surface area (Å²) in [6.45, 7) is 3.81. The molecule has 0 saturated carbocycles. The van der Waals surface area contributed by atoms with Gasteiger partial charge in [0.1, 0.15) is 0 Å². The summed E-state index contributed by atoms with van der Waals surface area (Å²) in [6, 6.07) is 5.01. The van der Waals surface area contributed by atoms with Crippen molar-refractivity contribution < 1.29 is 23.2 Å². The molecule has 0 aliphatic carbocycles. The third kappa shape index (κ3) is 5.64. The highest BCUT2D eigenvalue weighted by molar-refractivity contribution is 6.34. The van der Waals surface area contributed by atoms with E-state index < -0.39 is 29.6 Å². The maximum absolute atomic E-state index is 13.5. The summed E-state index contributed by atoms with van der Waals surface area (Å²) in [7, 11) is 0. The molecule has 1 heterocycles. The highest BCUT2D eigenvalue weighted by Crippen LogP contribution is 2.32. The van der Waals surface area contributed by atoms with E-state index in [1.807, 2.05) is 5.32 Å². The second kappa shape index (κ2) is 10.3. The van der Waals surface area contributed by atoms with Gasteiger partial charge < -0.3 is 20.9 Å². The fourth-order valence-electron chi connectivity index (χ4n) is 3.30. The number of nitrogens with one attached hydrogen (secondary N) is 4. The number of hydrogen-bond acceptors (Lipinski definition) is 4. The average molecular weight is 466 g/mol. The predicted octanol–water partition coefficient (Wildman–Crippen LogP) is 4.32. The lowest BCUT2D eigenvalue weighted by Crippen LogP contribution is -2.35. The molecule has 3 rings (SSSR count). The van der Waals surface area contributed by atoms with E-state index in [4.69, 9.17) is 11.6 Å². The Balaban J connectivity index is 1.79. The van der Waals surface area contributed by atoms with Crippen LogP contribution in [-0.4, -0.2) is 37.6 Å². The van der Waals surface area contributed by atoms with E-state index in [-0.39, 0.29) is 10.6 Å². The van der Waals surface area contributed by atoms with E-state index in [1.54, 1.807) is 25.1 Å². The Morgan fingerprint density at radius 2 is 1.69 bits per heavy atom. The molecule has 2 aromatic rings. The van der Waals surface area contributed by atoms with Gasteiger partial charge in [-0.2, -0.15) is 0 Å². The van der Waals surface area contributed by atoms with Crippen molar-refractivity contribution >= 4 is 46.6 Å². The van der Waals surface area contributed by atoms with Crippen LogP contribution in [0, 0.1) is 11.6 Å². The van der Waals surface area contributed by atoms with Gasteiger partial charge in [0.25, 0.3) is 5.91 Å². The van der Waals surface area contributed by atoms with Crippen molar-refractivity contribution in [2.45, 2.75) is 19.8 Å². The largest absolute Gasteiger partial charge is 0.370 e. The summed E-state index contributed by atoms with van der Waals surface area (Å²) >= 11 is 5.79. The Morgan fingerprint density at radius 1 is 1.00 bits per heavy atom. The van der Waals surface area contributed by atoms with Gasteiger partial charge >= 0.3 is 12.1 Å². The lowest BCUT2D eigenvalue weighted by Gasteiger charge is -2.22. The van der Waals surface area contributed by atoms with E-state index in [1.165, 1.54) is 0 Å². The maximum Gasteiger partial charge on any atom is 0.326 e. The highest BCUT2D eigenvalue weighted by Gasteiger charge is 2.20. The zero-order chi connectivity index (χ0) is 23.3. The lowest BCUT2D eigenvalue weighted by atomic mass is 10.2. The van der Waals surface area contributed by atoms with Crippen LogP contribution in [0.5, 0.6) is 0 Å². The molecule has 1 fully saturated rings. The number of carbonyl (C=O) groups is 3. The van der Waals surface area contributed by atoms with Gasteiger partial charge in [-0.1, -0.05) is 11.6 Å². The lowest BCUT2D eigenvalue weighted by molar-refractivity contribution is 0.0966. The number of amides is 5. The van der Waals surface area contributed by atoms with E-state index in [2.05, 4.69) is 20.9 Å². The smallest absolute Gasteiger partial charge is 0.326 e. The van der Waals surface area contributed by atoms with Gasteiger partial charge in [0.2, 0.25) is 0 Å². The van der Waals surface area contributed by atoms with Crippen molar-refractivity contribution in [3.8, 4) is 0 Å². The van der Waals surface area contributed by atoms with Crippen molar-refractivity contribution in [2.75, 3.05) is 35.2 Å². The Labute approximate surface area is 188 Å². The SMILES string of the molecule is CCNC(=O)Nc1ccc(N2CCCC2)c(NC(=O)NC(=O)c2cc(F)c(F)cc2Cl)c1. The van der Waals surface area contributed by atoms with Crippen molar-refractivity contribution in [1.29, 1.82) is 0 Å². The summed E-state index contributed by atoms with van der Waals surface area (Å²) in [5.41, 5.74) is 1.14. The number of carbonyl (C=O) groups excluding carboxylic acids is 3. The molecule has 8 nitrogen and oxygen atoms in total. The first kappa shape index (κ1) is 23.3. The van der Waals surface area contributed by atoms with Gasteiger partial charge in [-0.05, 0) is 50.1 Å². The van der Waals surface area contributed by atoms with Crippen molar-refractivity contribution in [3.05, 3.63) is 52.6 Å². The molecule has 1 saturated heterocycles. The summed E-state index contributed by atoms with van der Waals surface area (Å²) in [5, 5.41) is 9.57. The molecule has 5 amide bonds. The minimum Gasteiger partial charge on any atom is -0.370 e. The monoisotopic (exact) mass is 465 g/mol. The van der Waals surface area contributed by atoms with Crippen LogP contribution in [0.3, 0.4) is 0 Å². The van der Waals surface area contributed by atoms with Crippen LogP contribution in [0.15, 0.2) is 30.3 Å². The molecule has 1 aliphatic rings. The van der Waals surface area contributed by atoms with E-state index in [0.717, 1.165) is 31.6 Å². The summed E-state index contributed by atoms with van der Waals surface area (Å²) < 4.78 is 26.7. The van der Waals surface area contributed by atoms with Crippen LogP contribution in [-0.2, 0) is 0 Å². The quantitative estimate of drug-likeness (QED) is 0.494. The molecule has 4 N–H and O–H groups in total. The zero-order valence-electron chi connectivity index (χ0n) is 17.2. The molecule has 32 heavy (non-hydrogen) atoms. The Kier molecular flexibility index (Phi) is 7.47. The van der Waals surface area contributed by atoms with Crippen LogP contribution < -0.4 is 26.2 Å². The van der Waals surface area contributed by atoms with E-state index in [0.29, 0.717) is 30.1 Å². The highest BCUT2D eigenvalue weighted by atomic mass is 35.5. The van der Waals surface area contributed by atoms with E-state index in [9.17, 15) is 23.2 Å². The topological polar surface area (TPSA) is 103 Å². The summed E-state index contributed by atoms with van der Waals surface area (Å²) in [4.78, 5) is 38.7. The molecule has 0 unspecified atom stereocenters. The number of urea groups is 2. The van der Waals surface area contributed by atoms with Crippen LogP contribution >= 0.6 is 11.6 Å². The zero-order valence-corrected chi connectivity index (χ0v) is 18.0. The molecule has 2 aromatic carbocycles. The van der Waals surface area contributed by atoms with Crippen LogP contribution in [0.1, 0.15) is 30.1 Å². The number of hydrogen-bond donors (Lipinski definition) is 4. The maximum atomic E-state index is 13.5. The first-order chi connectivity index (χ1) is 15.3. The number of benzene rings is 2. The molecule has 1 aliphatic heterocycles. The third-order valence-electron chi connectivity index (χ3n) is 4.77. The van der Waals surface area contributed by atoms with E-state index >= 15 is 0 Å². The Bertz CT molecular complexity index is 1040. The minimum atomic E-state index is -1.26. The van der Waals surface area contributed by atoms with Gasteiger partial charge in [-0.3, -0.25) is 10.1 Å². The molecule has 11 heteroatoms. The Hall–Kier alpha value is -3.40. The minimum absolute atomic E-state index is 0.333. The van der Waals surface area contributed by atoms with Gasteiger partial charge in [-0.25, -0.2) is 18.4 Å². The fourth-order valence-corrected chi connectivity index (χ4v) is 3.54. The molecular weight excluding hydrogens is 444 g/mol. The number of nitrogens with zero attached hydrogens (tertiary/aromatic N) is 1. The van der Waals surface area contributed by atoms with Gasteiger partial charge in [0.15, 0.2) is 11.6 Å². The second-order valence-corrected chi connectivity index (χ2v) is 7.47. The summed E-state index contributed by atoms with van der Waals surface area (Å²) in [5.74, 6) is -3.46. The van der Waals surface area contributed by atoms with Gasteiger partial charge in [0, 0.05) is 25.3 Å². The normalized spacial score (nSPS) is 12.9. The molecule has 170 valence electrons. The fraction of sp³-hybridized carbons (Fsp3) is 0.286. The molecular formula is C21H22ClF2N5O3. The second-order valence-electron chi connectivity index (χ2n) is 7.06. The van der Waals surface area contributed by atoms with Gasteiger partial charge in [-0.15, -0.1) is 0 Å². The van der Waals surface area contributed by atoms with Crippen LogP contribution in [0.2, 0.25) is 5.02 Å². The number of anilines is 3. The first-order valence-electron chi connectivity index (χ1n) is 9.99. The van der Waals surface area contributed by atoms with Gasteiger partial charge in [0.05, 0.1) is 22.0 Å². The average Bonchev–Trinajstić information content (AvgIpc) is 3.25. The predicted molar refractivity (Wildman–Crippen MR) is 118 cm³/mol. The van der Waals surface area contributed by atoms with Crippen molar-refractivity contribution in [2.24, 2.45) is 0 Å².